The fourth-order valence-electron chi connectivity index (χ4n) is 9.15. The maximum Gasteiger partial charge on any atom is 0.259 e. The second kappa shape index (κ2) is 19.1. The monoisotopic (exact) mass is 750 g/mol. The number of allylic oxidation sites excluding steroid dienone is 1. The molecule has 0 radical (unpaired) electrons. The minimum atomic E-state index is -2.82. The summed E-state index contributed by atoms with van der Waals surface area (Å²) in [6.45, 7) is 9.10. The summed E-state index contributed by atoms with van der Waals surface area (Å²) in [5, 5.41) is 26.2. The number of piperidine rings is 2. The van der Waals surface area contributed by atoms with E-state index in [2.05, 4.69) is 30.1 Å². The zero-order chi connectivity index (χ0) is 38.8. The minimum Gasteiger partial charge on any atom is -0.375 e. The number of likely N-dealkylation sites (tertiary alicyclic amines) is 2. The predicted octanol–water partition coefficient (Wildman–Crippen LogP) is 6.90. The van der Waals surface area contributed by atoms with E-state index in [1.54, 1.807) is 35.2 Å². The van der Waals surface area contributed by atoms with Crippen molar-refractivity contribution in [2.75, 3.05) is 39.3 Å². The maximum absolute atomic E-state index is 13.8. The number of hydrogen-bond donors (Lipinski definition) is 4. The minimum absolute atomic E-state index is 0.0130. The average Bonchev–Trinajstić information content (AvgIpc) is 3.86. The van der Waals surface area contributed by atoms with Crippen molar-refractivity contribution in [2.24, 2.45) is 23.5 Å². The Morgan fingerprint density at radius 2 is 1.41 bits per heavy atom. The largest absolute Gasteiger partial charge is 0.375 e. The lowest BCUT2D eigenvalue weighted by atomic mass is 9.78. The van der Waals surface area contributed by atoms with Crippen LogP contribution in [-0.2, 0) is 20.8 Å². The number of halogens is 2. The maximum atomic E-state index is 13.8. The summed E-state index contributed by atoms with van der Waals surface area (Å²) in [5.41, 5.74) is 4.84. The normalized spacial score (nSPS) is 23.5. The van der Waals surface area contributed by atoms with Gasteiger partial charge >= 0.3 is 0 Å². The summed E-state index contributed by atoms with van der Waals surface area (Å²) in [5.74, 6) is -3.72. The van der Waals surface area contributed by atoms with Crippen LogP contribution in [0.25, 0.3) is 0 Å². The number of carbonyl (C=O) groups is 2. The van der Waals surface area contributed by atoms with Gasteiger partial charge in [-0.15, -0.1) is 0 Å². The van der Waals surface area contributed by atoms with E-state index in [1.165, 1.54) is 5.57 Å². The topological polar surface area (TPSA) is 119 Å². The van der Waals surface area contributed by atoms with Crippen molar-refractivity contribution in [3.8, 4) is 0 Å². The van der Waals surface area contributed by atoms with Crippen molar-refractivity contribution in [3.63, 3.8) is 0 Å². The lowest BCUT2D eigenvalue weighted by Crippen LogP contribution is -2.54. The molecule has 0 unspecified atom stereocenters. The molecule has 2 aliphatic heterocycles. The van der Waals surface area contributed by atoms with Crippen LogP contribution in [0.15, 0.2) is 72.3 Å². The van der Waals surface area contributed by atoms with E-state index in [9.17, 15) is 28.6 Å². The molecule has 3 atom stereocenters. The number of nitrogens with two attached hydrogens (primary N) is 1. The lowest BCUT2D eigenvalue weighted by molar-refractivity contribution is -0.162. The number of hydrogen-bond acceptors (Lipinski definition) is 6. The number of amides is 2. The van der Waals surface area contributed by atoms with Crippen molar-refractivity contribution in [2.45, 2.75) is 120 Å². The molecule has 2 saturated carbocycles. The molecule has 54 heavy (non-hydrogen) atoms. The van der Waals surface area contributed by atoms with Crippen molar-refractivity contribution < 1.29 is 28.6 Å². The molecule has 10 heteroatoms. The molecule has 0 aromatic heterocycles. The first-order valence-electron chi connectivity index (χ1n) is 20.5. The van der Waals surface area contributed by atoms with Crippen LogP contribution in [0.1, 0.15) is 108 Å². The molecule has 2 saturated heterocycles. The standard InChI is InChI=1S/C24H36N2O2.C20H28F2N2O2/c1-19(2)9-8-16-26-17-14-22(15-18-26)25-23(27)24(28,21-12-6-7-13-21)20-10-4-3-5-11-20;21-19(22)10-6-17(14-19)20(26,16-4-2-1-3-5-16)18(25)24-12-8-15(7-11-23)9-13-24/h3-5,9-11,21-22,28H,6-8,12-18H2,1-2H3,(H,25,27);1-5,15,17,26H,6-14,23H2/t24-;17-,20+/m01/s1. The molecule has 2 aromatic rings. The Hall–Kier alpha value is -3.18. The summed E-state index contributed by atoms with van der Waals surface area (Å²) >= 11 is 0. The molecule has 298 valence electrons. The highest BCUT2D eigenvalue weighted by atomic mass is 19.3. The predicted molar refractivity (Wildman–Crippen MR) is 210 cm³/mol. The molecule has 4 aliphatic rings. The fourth-order valence-corrected chi connectivity index (χ4v) is 9.15. The highest BCUT2D eigenvalue weighted by molar-refractivity contribution is 5.87. The summed E-state index contributed by atoms with van der Waals surface area (Å²) < 4.78 is 27.7. The summed E-state index contributed by atoms with van der Waals surface area (Å²) in [4.78, 5) is 30.7. The van der Waals surface area contributed by atoms with E-state index < -0.39 is 35.4 Å². The second-order valence-corrected chi connectivity index (χ2v) is 16.5. The van der Waals surface area contributed by atoms with E-state index in [0.29, 0.717) is 31.1 Å². The third-order valence-corrected chi connectivity index (χ3v) is 12.4. The van der Waals surface area contributed by atoms with Crippen LogP contribution in [0.4, 0.5) is 8.78 Å². The van der Waals surface area contributed by atoms with Gasteiger partial charge in [0.15, 0.2) is 11.2 Å². The molecule has 2 amide bonds. The van der Waals surface area contributed by atoms with E-state index in [1.807, 2.05) is 30.3 Å². The Morgan fingerprint density at radius 1 is 0.833 bits per heavy atom. The smallest absolute Gasteiger partial charge is 0.259 e. The molecule has 5 N–H and O–H groups in total. The molecule has 8 nitrogen and oxygen atoms in total. The van der Waals surface area contributed by atoms with Gasteiger partial charge < -0.3 is 31.1 Å². The van der Waals surface area contributed by atoms with Gasteiger partial charge in [-0.3, -0.25) is 9.59 Å². The van der Waals surface area contributed by atoms with Crippen LogP contribution in [-0.4, -0.2) is 83.1 Å². The Kier molecular flexibility index (Phi) is 14.9. The molecule has 2 aromatic carbocycles. The van der Waals surface area contributed by atoms with Crippen LogP contribution in [0, 0.1) is 17.8 Å². The first kappa shape index (κ1) is 42.0. The van der Waals surface area contributed by atoms with Gasteiger partial charge in [-0.25, -0.2) is 8.78 Å². The van der Waals surface area contributed by atoms with Gasteiger partial charge in [0.2, 0.25) is 5.92 Å². The molecular formula is C44H64F2N4O4. The number of benzene rings is 2. The average molecular weight is 751 g/mol. The zero-order valence-electron chi connectivity index (χ0n) is 32.5. The van der Waals surface area contributed by atoms with E-state index >= 15 is 0 Å². The first-order chi connectivity index (χ1) is 25.9. The summed E-state index contributed by atoms with van der Waals surface area (Å²) in [7, 11) is 0. The van der Waals surface area contributed by atoms with Gasteiger partial charge in [0.05, 0.1) is 0 Å². The SMILES string of the molecule is CC(C)=CCCN1CCC(NC(=O)[C@](O)(c2ccccc2)C2CCCC2)CC1.NCCC1CCN(C(=O)[C@](O)(c2ccccc2)[C@@H]2CCC(F)(F)C2)CC1. The van der Waals surface area contributed by atoms with Crippen molar-refractivity contribution in [1.29, 1.82) is 0 Å². The number of aliphatic hydroxyl groups is 2. The fraction of sp³-hybridized carbons (Fsp3) is 0.636. The van der Waals surface area contributed by atoms with E-state index in [-0.39, 0.29) is 30.7 Å². The van der Waals surface area contributed by atoms with Gasteiger partial charge in [-0.05, 0) is 95.2 Å². The van der Waals surface area contributed by atoms with Crippen LogP contribution in [0.3, 0.4) is 0 Å². The highest BCUT2D eigenvalue weighted by Crippen LogP contribution is 2.48. The number of alkyl halides is 2. The van der Waals surface area contributed by atoms with Crippen LogP contribution in [0.5, 0.6) is 0 Å². The molecule has 0 spiro atoms. The number of rotatable bonds is 12. The summed E-state index contributed by atoms with van der Waals surface area (Å²) in [6.07, 6.45) is 11.3. The Morgan fingerprint density at radius 3 is 1.93 bits per heavy atom. The molecule has 0 bridgehead atoms. The van der Waals surface area contributed by atoms with Crippen molar-refractivity contribution in [3.05, 3.63) is 83.4 Å². The Bertz CT molecular complexity index is 1500. The second-order valence-electron chi connectivity index (χ2n) is 16.5. The quantitative estimate of drug-likeness (QED) is 0.176. The van der Waals surface area contributed by atoms with Gasteiger partial charge in [0.25, 0.3) is 11.8 Å². The Balaban J connectivity index is 0.000000208. The van der Waals surface area contributed by atoms with Gasteiger partial charge in [-0.1, -0.05) is 85.2 Å². The first-order valence-corrected chi connectivity index (χ1v) is 20.5. The Labute approximate surface area is 321 Å². The van der Waals surface area contributed by atoms with Crippen molar-refractivity contribution >= 4 is 11.8 Å². The third kappa shape index (κ3) is 10.4. The molecule has 2 aliphatic carbocycles. The highest BCUT2D eigenvalue weighted by Gasteiger charge is 2.54. The van der Waals surface area contributed by atoms with Gasteiger partial charge in [-0.2, -0.15) is 0 Å². The molecule has 6 rings (SSSR count). The zero-order valence-corrected chi connectivity index (χ0v) is 32.5. The lowest BCUT2D eigenvalue weighted by Gasteiger charge is -2.40. The number of nitrogens with zero attached hydrogens (tertiary/aromatic N) is 2. The van der Waals surface area contributed by atoms with E-state index in [4.69, 9.17) is 5.73 Å². The van der Waals surface area contributed by atoms with Gasteiger partial charge in [0, 0.05) is 63.4 Å². The van der Waals surface area contributed by atoms with Crippen LogP contribution >= 0.6 is 0 Å². The molecular weight excluding hydrogens is 687 g/mol. The van der Waals surface area contributed by atoms with Crippen molar-refractivity contribution in [1.82, 2.24) is 15.1 Å². The molecule has 4 fully saturated rings. The van der Waals surface area contributed by atoms with E-state index in [0.717, 1.165) is 89.4 Å². The third-order valence-electron chi connectivity index (χ3n) is 12.4. The number of carbonyl (C=O) groups excluding carboxylic acids is 2. The van der Waals surface area contributed by atoms with Crippen LogP contribution in [0.2, 0.25) is 0 Å². The summed E-state index contributed by atoms with van der Waals surface area (Å²) in [6, 6.07) is 18.3. The van der Waals surface area contributed by atoms with Gasteiger partial charge in [0.1, 0.15) is 0 Å². The van der Waals surface area contributed by atoms with Crippen LogP contribution < -0.4 is 11.1 Å². The number of nitrogens with one attached hydrogen (secondary N) is 1. The molecule has 2 heterocycles.